The molecule has 108 valence electrons. The number of para-hydroxylation sites is 1. The molecule has 0 unspecified atom stereocenters. The third-order valence-electron chi connectivity index (χ3n) is 2.73. The summed E-state index contributed by atoms with van der Waals surface area (Å²) in [6, 6.07) is 7.83. The molecule has 0 aliphatic heterocycles. The maximum absolute atomic E-state index is 11.3. The van der Waals surface area contributed by atoms with Gasteiger partial charge in [-0.25, -0.2) is 8.42 Å². The second-order valence-electron chi connectivity index (χ2n) is 4.13. The van der Waals surface area contributed by atoms with Crippen LogP contribution >= 0.6 is 10.8 Å². The normalized spacial score (nSPS) is 11.1. The number of rotatable bonds is 6. The number of aromatic amines is 1. The standard InChI is InChI=1S/C12H14N2O4S2.Na/c15-12(8-19-20(16,17)18)13-6-5-9-7-14-11-4-2-1-3-10(9)11;/h1-4,7,14H,5-6,8H2,(H,13,15)(H,16,17,18);/q;+1/p-1. The predicted octanol–water partition coefficient (Wildman–Crippen LogP) is -1.98. The van der Waals surface area contributed by atoms with Gasteiger partial charge in [0.15, 0.2) is 0 Å². The molecule has 1 aromatic heterocycles. The Bertz CT molecular complexity index is 715. The zero-order valence-electron chi connectivity index (χ0n) is 11.5. The molecular weight excluding hydrogens is 323 g/mol. The molecule has 1 aromatic carbocycles. The molecule has 9 heteroatoms. The van der Waals surface area contributed by atoms with Gasteiger partial charge in [0.1, 0.15) is 9.15 Å². The van der Waals surface area contributed by atoms with Crippen LogP contribution in [-0.2, 0) is 20.4 Å². The number of benzene rings is 1. The quantitative estimate of drug-likeness (QED) is 0.362. The molecule has 2 aromatic rings. The topological polar surface area (TPSA) is 102 Å². The molecule has 21 heavy (non-hydrogen) atoms. The minimum absolute atomic E-state index is 0. The number of carbonyl (C=O) groups excluding carboxylic acids is 1. The molecule has 0 saturated carbocycles. The number of H-pyrrole nitrogens is 1. The van der Waals surface area contributed by atoms with Crippen molar-refractivity contribution < 1.29 is 47.3 Å². The molecule has 0 spiro atoms. The van der Waals surface area contributed by atoms with Gasteiger partial charge in [0, 0.05) is 23.6 Å². The van der Waals surface area contributed by atoms with Crippen LogP contribution in [0.25, 0.3) is 10.9 Å². The summed E-state index contributed by atoms with van der Waals surface area (Å²) in [7, 11) is -4.32. The summed E-state index contributed by atoms with van der Waals surface area (Å²) >= 11 is 0. The fraction of sp³-hybridized carbons (Fsp3) is 0.250. The van der Waals surface area contributed by atoms with Crippen molar-refractivity contribution in [3.05, 3.63) is 36.0 Å². The smallest absolute Gasteiger partial charge is 0.739 e. The Labute approximate surface area is 148 Å². The molecule has 0 bridgehead atoms. The van der Waals surface area contributed by atoms with Crippen molar-refractivity contribution in [3.63, 3.8) is 0 Å². The van der Waals surface area contributed by atoms with Crippen molar-refractivity contribution in [1.82, 2.24) is 10.3 Å². The van der Waals surface area contributed by atoms with E-state index in [4.69, 9.17) is 0 Å². The summed E-state index contributed by atoms with van der Waals surface area (Å²) in [5.74, 6) is -0.839. The van der Waals surface area contributed by atoms with E-state index in [0.29, 0.717) is 13.0 Å². The Kier molecular flexibility index (Phi) is 7.25. The number of hydrogen-bond donors (Lipinski definition) is 2. The first-order valence-electron chi connectivity index (χ1n) is 5.87. The molecule has 0 atom stereocenters. The van der Waals surface area contributed by atoms with Gasteiger partial charge in [-0.1, -0.05) is 18.2 Å². The van der Waals surface area contributed by atoms with Crippen molar-refractivity contribution in [1.29, 1.82) is 0 Å². The average Bonchev–Trinajstić information content (AvgIpc) is 2.79. The van der Waals surface area contributed by atoms with E-state index in [-0.39, 0.29) is 46.1 Å². The Morgan fingerprint density at radius 1 is 1.33 bits per heavy atom. The van der Waals surface area contributed by atoms with Crippen LogP contribution in [0.3, 0.4) is 0 Å². The third kappa shape index (κ3) is 6.01. The number of hydrogen-bond acceptors (Lipinski definition) is 5. The van der Waals surface area contributed by atoms with Crippen molar-refractivity contribution in [2.45, 2.75) is 6.42 Å². The summed E-state index contributed by atoms with van der Waals surface area (Å²) in [5.41, 5.74) is 2.10. The van der Waals surface area contributed by atoms with Crippen LogP contribution < -0.4 is 34.9 Å². The van der Waals surface area contributed by atoms with Gasteiger partial charge >= 0.3 is 29.6 Å². The molecule has 0 aliphatic carbocycles. The van der Waals surface area contributed by atoms with Gasteiger partial charge in [-0.05, 0) is 28.8 Å². The first-order chi connectivity index (χ1) is 9.46. The van der Waals surface area contributed by atoms with Gasteiger partial charge in [0.2, 0.25) is 5.91 Å². The van der Waals surface area contributed by atoms with Crippen LogP contribution in [-0.4, -0.2) is 36.2 Å². The molecule has 2 rings (SSSR count). The van der Waals surface area contributed by atoms with Crippen molar-refractivity contribution in [2.75, 3.05) is 12.3 Å². The maximum Gasteiger partial charge on any atom is 1.00 e. The molecule has 0 saturated heterocycles. The van der Waals surface area contributed by atoms with Crippen molar-refractivity contribution >= 4 is 36.8 Å². The minimum atomic E-state index is -4.42. The summed E-state index contributed by atoms with van der Waals surface area (Å²) in [6.07, 6.45) is 2.51. The fourth-order valence-electron chi connectivity index (χ4n) is 1.85. The first-order valence-corrected chi connectivity index (χ1v) is 8.79. The SMILES string of the molecule is O=C(CSS(=O)(=O)[O-])NCCc1c[nH]c2ccccc12.[Na+]. The second kappa shape index (κ2) is 8.21. The van der Waals surface area contributed by atoms with E-state index in [1.807, 2.05) is 30.5 Å². The number of aromatic nitrogens is 1. The van der Waals surface area contributed by atoms with Crippen LogP contribution in [0.2, 0.25) is 0 Å². The Hall–Kier alpha value is -0.510. The minimum Gasteiger partial charge on any atom is -0.739 e. The summed E-state index contributed by atoms with van der Waals surface area (Å²) in [4.78, 5) is 14.5. The van der Waals surface area contributed by atoms with Crippen LogP contribution in [0.5, 0.6) is 0 Å². The zero-order valence-corrected chi connectivity index (χ0v) is 15.1. The van der Waals surface area contributed by atoms with Gasteiger partial charge in [-0.3, -0.25) is 4.79 Å². The number of fused-ring (bicyclic) bond motifs is 1. The summed E-state index contributed by atoms with van der Waals surface area (Å²) in [6.45, 7) is 0.389. The van der Waals surface area contributed by atoms with E-state index in [1.165, 1.54) is 0 Å². The Morgan fingerprint density at radius 3 is 2.76 bits per heavy atom. The van der Waals surface area contributed by atoms with E-state index in [9.17, 15) is 17.8 Å². The number of nitrogens with one attached hydrogen (secondary N) is 2. The molecule has 1 heterocycles. The largest absolute Gasteiger partial charge is 1.00 e. The van der Waals surface area contributed by atoms with Gasteiger partial charge in [0.25, 0.3) is 0 Å². The third-order valence-corrected chi connectivity index (χ3v) is 4.61. The Balaban J connectivity index is 0.00000220. The van der Waals surface area contributed by atoms with E-state index >= 15 is 0 Å². The molecule has 1 amide bonds. The van der Waals surface area contributed by atoms with E-state index in [0.717, 1.165) is 16.5 Å². The van der Waals surface area contributed by atoms with E-state index in [1.54, 1.807) is 0 Å². The predicted molar refractivity (Wildman–Crippen MR) is 77.2 cm³/mol. The maximum atomic E-state index is 11.3. The van der Waals surface area contributed by atoms with Gasteiger partial charge in [-0.2, -0.15) is 0 Å². The zero-order chi connectivity index (χ0) is 14.6. The monoisotopic (exact) mass is 336 g/mol. The molecule has 0 fully saturated rings. The van der Waals surface area contributed by atoms with Crippen LogP contribution in [0.1, 0.15) is 5.56 Å². The Morgan fingerprint density at radius 2 is 2.05 bits per heavy atom. The molecule has 6 nitrogen and oxygen atoms in total. The first kappa shape index (κ1) is 18.5. The van der Waals surface area contributed by atoms with Crippen molar-refractivity contribution in [3.8, 4) is 0 Å². The molecule has 2 N–H and O–H groups in total. The fourth-order valence-corrected chi connectivity index (χ4v) is 2.96. The van der Waals surface area contributed by atoms with E-state index in [2.05, 4.69) is 10.3 Å². The van der Waals surface area contributed by atoms with Crippen molar-refractivity contribution in [2.24, 2.45) is 0 Å². The number of carbonyl (C=O) groups is 1. The second-order valence-corrected chi connectivity index (χ2v) is 7.40. The molecule has 0 radical (unpaired) electrons. The summed E-state index contributed by atoms with van der Waals surface area (Å²) < 4.78 is 31.1. The number of amides is 1. The van der Waals surface area contributed by atoms with Gasteiger partial charge in [-0.15, -0.1) is 0 Å². The van der Waals surface area contributed by atoms with E-state index < -0.39 is 15.1 Å². The van der Waals surface area contributed by atoms with Gasteiger partial charge in [0.05, 0.1) is 5.75 Å². The van der Waals surface area contributed by atoms with Crippen LogP contribution in [0, 0.1) is 0 Å². The molecular formula is C12H13N2NaO4S2. The molecule has 0 aliphatic rings. The average molecular weight is 336 g/mol. The van der Waals surface area contributed by atoms with Gasteiger partial charge < -0.3 is 14.9 Å². The van der Waals surface area contributed by atoms with Crippen LogP contribution in [0.4, 0.5) is 0 Å². The van der Waals surface area contributed by atoms with Crippen LogP contribution in [0.15, 0.2) is 30.5 Å². The summed E-state index contributed by atoms with van der Waals surface area (Å²) in [5, 5.41) is 3.68.